The molecule has 0 radical (unpaired) electrons. The van der Waals surface area contributed by atoms with Gasteiger partial charge in [0.25, 0.3) is 0 Å². The van der Waals surface area contributed by atoms with Gasteiger partial charge in [0.15, 0.2) is 11.5 Å². The van der Waals surface area contributed by atoms with Crippen LogP contribution in [0, 0.1) is 6.92 Å². The van der Waals surface area contributed by atoms with Crippen molar-refractivity contribution in [2.45, 2.75) is 26.5 Å². The number of rotatable bonds is 10. The zero-order valence-corrected chi connectivity index (χ0v) is 18.3. The van der Waals surface area contributed by atoms with Gasteiger partial charge in [-0.15, -0.1) is 23.1 Å². The monoisotopic (exact) mass is 432 g/mol. The minimum atomic E-state index is -0.0822. The summed E-state index contributed by atoms with van der Waals surface area (Å²) >= 11 is 3.09. The Bertz CT molecular complexity index is 938. The Labute approximate surface area is 178 Å². The van der Waals surface area contributed by atoms with Crippen LogP contribution in [0.4, 0.5) is 5.69 Å². The topological polar surface area (TPSA) is 73.6 Å². The van der Waals surface area contributed by atoms with E-state index in [4.69, 9.17) is 13.9 Å². The number of carbonyl (C=O) groups is 1. The first-order valence-corrected chi connectivity index (χ1v) is 11.4. The molecule has 0 unspecified atom stereocenters. The smallest absolute Gasteiger partial charge is 0.236 e. The molecule has 0 saturated carbocycles. The van der Waals surface area contributed by atoms with Gasteiger partial charge in [-0.1, -0.05) is 6.07 Å². The summed E-state index contributed by atoms with van der Waals surface area (Å²) in [6, 6.07) is 9.35. The predicted octanol–water partition coefficient (Wildman–Crippen LogP) is 5.38. The van der Waals surface area contributed by atoms with Gasteiger partial charge < -0.3 is 19.2 Å². The van der Waals surface area contributed by atoms with Crippen molar-refractivity contribution >= 4 is 34.7 Å². The minimum absolute atomic E-state index is 0.0822. The Hall–Kier alpha value is -2.45. The molecule has 0 spiro atoms. The van der Waals surface area contributed by atoms with E-state index in [0.29, 0.717) is 47.8 Å². The van der Waals surface area contributed by atoms with E-state index in [-0.39, 0.29) is 5.91 Å². The normalized spacial score (nSPS) is 10.7. The lowest BCUT2D eigenvalue weighted by atomic mass is 10.2. The molecule has 1 N–H and O–H groups in total. The van der Waals surface area contributed by atoms with Crippen LogP contribution >= 0.6 is 23.1 Å². The van der Waals surface area contributed by atoms with Gasteiger partial charge in [0, 0.05) is 17.5 Å². The fourth-order valence-electron chi connectivity index (χ4n) is 2.63. The number of ether oxygens (including phenoxy) is 2. The number of hydrogen-bond acceptors (Lipinski definition) is 7. The number of oxazole rings is 1. The van der Waals surface area contributed by atoms with E-state index < -0.39 is 0 Å². The molecule has 154 valence electrons. The number of nitrogens with zero attached hydrogens (tertiary/aromatic N) is 1. The van der Waals surface area contributed by atoms with Crippen LogP contribution in [0.25, 0.3) is 10.8 Å². The minimum Gasteiger partial charge on any atom is -0.490 e. The van der Waals surface area contributed by atoms with Crippen LogP contribution in [0.3, 0.4) is 0 Å². The quantitative estimate of drug-likeness (QED) is 0.464. The molecular weight excluding hydrogens is 408 g/mol. The fourth-order valence-corrected chi connectivity index (χ4v) is 4.10. The Balaban J connectivity index is 1.53. The molecule has 8 heteroatoms. The number of thioether (sulfide) groups is 1. The molecule has 0 aliphatic rings. The van der Waals surface area contributed by atoms with Gasteiger partial charge in [0.05, 0.1) is 29.5 Å². The molecule has 3 rings (SSSR count). The summed E-state index contributed by atoms with van der Waals surface area (Å²) in [6.07, 6.45) is 0. The molecule has 6 nitrogen and oxygen atoms in total. The van der Waals surface area contributed by atoms with Gasteiger partial charge >= 0.3 is 0 Å². The Morgan fingerprint density at radius 2 is 2.00 bits per heavy atom. The van der Waals surface area contributed by atoms with Crippen molar-refractivity contribution in [3.63, 3.8) is 0 Å². The first-order valence-electron chi connectivity index (χ1n) is 9.38. The average Bonchev–Trinajstić information content (AvgIpc) is 3.34. The van der Waals surface area contributed by atoms with Crippen LogP contribution in [0.15, 0.2) is 40.1 Å². The first-order chi connectivity index (χ1) is 14.1. The third kappa shape index (κ3) is 5.77. The number of amides is 1. The van der Waals surface area contributed by atoms with E-state index in [1.54, 1.807) is 17.4 Å². The lowest BCUT2D eigenvalue weighted by Gasteiger charge is -2.13. The van der Waals surface area contributed by atoms with Gasteiger partial charge in [-0.05, 0) is 44.4 Å². The second-order valence-electron chi connectivity index (χ2n) is 6.07. The maximum atomic E-state index is 12.3. The van der Waals surface area contributed by atoms with E-state index in [9.17, 15) is 4.79 Å². The molecular formula is C21H24N2O4S2. The zero-order valence-electron chi connectivity index (χ0n) is 16.7. The second kappa shape index (κ2) is 10.4. The van der Waals surface area contributed by atoms with E-state index in [2.05, 4.69) is 10.3 Å². The molecule has 2 heterocycles. The van der Waals surface area contributed by atoms with E-state index in [0.717, 1.165) is 16.3 Å². The van der Waals surface area contributed by atoms with Crippen molar-refractivity contribution in [1.29, 1.82) is 0 Å². The van der Waals surface area contributed by atoms with Crippen LogP contribution in [0.1, 0.15) is 25.3 Å². The number of aromatic nitrogens is 1. The summed E-state index contributed by atoms with van der Waals surface area (Å²) < 4.78 is 16.9. The van der Waals surface area contributed by atoms with Gasteiger partial charge in [0.2, 0.25) is 11.8 Å². The van der Waals surface area contributed by atoms with Crippen LogP contribution < -0.4 is 14.8 Å². The summed E-state index contributed by atoms with van der Waals surface area (Å²) in [5, 5.41) is 4.89. The Morgan fingerprint density at radius 3 is 2.72 bits per heavy atom. The highest BCUT2D eigenvalue weighted by atomic mass is 32.2. The highest BCUT2D eigenvalue weighted by Crippen LogP contribution is 2.31. The Kier molecular flexibility index (Phi) is 7.60. The largest absolute Gasteiger partial charge is 0.490 e. The lowest BCUT2D eigenvalue weighted by molar-refractivity contribution is -0.113. The summed E-state index contributed by atoms with van der Waals surface area (Å²) in [5.41, 5.74) is 1.55. The molecule has 0 atom stereocenters. The third-order valence-electron chi connectivity index (χ3n) is 3.92. The SMILES string of the molecule is CCOc1ccc(NC(=O)CSCc2nc(-c3cccs3)oc2C)cc1OCC. The van der Waals surface area contributed by atoms with Crippen LogP contribution in [-0.4, -0.2) is 29.9 Å². The van der Waals surface area contributed by atoms with Crippen molar-refractivity contribution in [1.82, 2.24) is 4.98 Å². The van der Waals surface area contributed by atoms with Crippen molar-refractivity contribution in [3.05, 3.63) is 47.2 Å². The molecule has 1 aromatic carbocycles. The summed E-state index contributed by atoms with van der Waals surface area (Å²) in [7, 11) is 0. The summed E-state index contributed by atoms with van der Waals surface area (Å²) in [6.45, 7) is 6.81. The highest BCUT2D eigenvalue weighted by Gasteiger charge is 2.13. The van der Waals surface area contributed by atoms with Crippen molar-refractivity contribution in [2.75, 3.05) is 24.3 Å². The van der Waals surface area contributed by atoms with Gasteiger partial charge in [-0.3, -0.25) is 4.79 Å². The number of benzene rings is 1. The van der Waals surface area contributed by atoms with Gasteiger partial charge in [-0.2, -0.15) is 0 Å². The average molecular weight is 433 g/mol. The Morgan fingerprint density at radius 1 is 1.21 bits per heavy atom. The number of anilines is 1. The van der Waals surface area contributed by atoms with Crippen molar-refractivity contribution in [3.8, 4) is 22.3 Å². The van der Waals surface area contributed by atoms with Gasteiger partial charge in [-0.25, -0.2) is 4.98 Å². The summed E-state index contributed by atoms with van der Waals surface area (Å²) in [5.74, 6) is 3.56. The molecule has 0 saturated heterocycles. The third-order valence-corrected chi connectivity index (χ3v) is 5.73. The van der Waals surface area contributed by atoms with E-state index in [1.807, 2.05) is 50.4 Å². The number of aryl methyl sites for hydroxylation is 1. The molecule has 3 aromatic rings. The van der Waals surface area contributed by atoms with Crippen LogP contribution in [0.5, 0.6) is 11.5 Å². The highest BCUT2D eigenvalue weighted by molar-refractivity contribution is 7.99. The summed E-state index contributed by atoms with van der Waals surface area (Å²) in [4.78, 5) is 17.9. The van der Waals surface area contributed by atoms with Crippen LogP contribution in [0.2, 0.25) is 0 Å². The maximum Gasteiger partial charge on any atom is 0.236 e. The number of hydrogen-bond donors (Lipinski definition) is 1. The molecule has 0 bridgehead atoms. The lowest BCUT2D eigenvalue weighted by Crippen LogP contribution is -2.14. The molecule has 0 aliphatic carbocycles. The standard InChI is InChI=1S/C21H24N2O4S2/c1-4-25-17-9-8-15(11-18(17)26-5-2)22-20(24)13-28-12-16-14(3)27-21(23-16)19-7-6-10-29-19/h6-11H,4-5,12-13H2,1-3H3,(H,22,24). The van der Waals surface area contributed by atoms with E-state index >= 15 is 0 Å². The van der Waals surface area contributed by atoms with Crippen molar-refractivity contribution < 1.29 is 18.7 Å². The zero-order chi connectivity index (χ0) is 20.6. The fraction of sp³-hybridized carbons (Fsp3) is 0.333. The second-order valence-corrected chi connectivity index (χ2v) is 8.00. The molecule has 0 aliphatic heterocycles. The predicted molar refractivity (Wildman–Crippen MR) is 118 cm³/mol. The van der Waals surface area contributed by atoms with Crippen LogP contribution in [-0.2, 0) is 10.5 Å². The van der Waals surface area contributed by atoms with Crippen molar-refractivity contribution in [2.24, 2.45) is 0 Å². The first kappa shape index (κ1) is 21.3. The molecule has 1 amide bonds. The maximum absolute atomic E-state index is 12.3. The molecule has 29 heavy (non-hydrogen) atoms. The van der Waals surface area contributed by atoms with E-state index in [1.165, 1.54) is 11.8 Å². The molecule has 2 aromatic heterocycles. The number of nitrogens with one attached hydrogen (secondary N) is 1. The number of carbonyl (C=O) groups excluding carboxylic acids is 1. The van der Waals surface area contributed by atoms with Gasteiger partial charge in [0.1, 0.15) is 5.76 Å². The molecule has 0 fully saturated rings. The number of thiophene rings is 1.